The largest absolute Gasteiger partial charge is 0.393 e. The summed E-state index contributed by atoms with van der Waals surface area (Å²) in [4.78, 5) is 16.5. The van der Waals surface area contributed by atoms with Gasteiger partial charge in [-0.15, -0.1) is 0 Å². The van der Waals surface area contributed by atoms with Crippen molar-refractivity contribution in [2.24, 2.45) is 5.92 Å². The third-order valence-corrected chi connectivity index (χ3v) is 4.17. The minimum Gasteiger partial charge on any atom is -0.393 e. The van der Waals surface area contributed by atoms with E-state index in [0.717, 1.165) is 31.4 Å². The van der Waals surface area contributed by atoms with Crippen LogP contribution in [-0.2, 0) is 0 Å². The van der Waals surface area contributed by atoms with Crippen molar-refractivity contribution in [2.75, 3.05) is 6.54 Å². The Morgan fingerprint density at radius 2 is 2.24 bits per heavy atom. The summed E-state index contributed by atoms with van der Waals surface area (Å²) in [7, 11) is 0. The van der Waals surface area contributed by atoms with Gasteiger partial charge in [0.2, 0.25) is 0 Å². The number of aromatic nitrogens is 1. The third-order valence-electron chi connectivity index (χ3n) is 3.97. The van der Waals surface area contributed by atoms with Crippen molar-refractivity contribution < 1.29 is 9.90 Å². The van der Waals surface area contributed by atoms with Crippen LogP contribution in [0.1, 0.15) is 61.5 Å². The van der Waals surface area contributed by atoms with E-state index >= 15 is 0 Å². The van der Waals surface area contributed by atoms with E-state index in [0.29, 0.717) is 23.2 Å². The van der Waals surface area contributed by atoms with Crippen LogP contribution >= 0.6 is 11.6 Å². The van der Waals surface area contributed by atoms with E-state index in [1.54, 1.807) is 12.1 Å². The molecule has 0 aromatic carbocycles. The van der Waals surface area contributed by atoms with E-state index < -0.39 is 0 Å². The van der Waals surface area contributed by atoms with Crippen molar-refractivity contribution in [3.63, 3.8) is 0 Å². The summed E-state index contributed by atoms with van der Waals surface area (Å²) >= 11 is 5.98. The van der Waals surface area contributed by atoms with Gasteiger partial charge in [0.25, 0.3) is 5.91 Å². The molecule has 1 fully saturated rings. The van der Waals surface area contributed by atoms with E-state index in [-0.39, 0.29) is 17.9 Å². The number of nitrogens with zero attached hydrogens (tertiary/aromatic N) is 1. The maximum atomic E-state index is 12.2. The first-order valence-corrected chi connectivity index (χ1v) is 7.97. The van der Waals surface area contributed by atoms with Gasteiger partial charge in [-0.3, -0.25) is 4.79 Å². The first-order chi connectivity index (χ1) is 9.95. The molecule has 1 saturated carbocycles. The second kappa shape index (κ2) is 7.23. The van der Waals surface area contributed by atoms with Gasteiger partial charge < -0.3 is 10.4 Å². The van der Waals surface area contributed by atoms with E-state index in [1.165, 1.54) is 0 Å². The summed E-state index contributed by atoms with van der Waals surface area (Å²) in [5.41, 5.74) is 1.37. The first kappa shape index (κ1) is 16.2. The highest BCUT2D eigenvalue weighted by atomic mass is 35.5. The van der Waals surface area contributed by atoms with Crippen LogP contribution < -0.4 is 5.32 Å². The highest BCUT2D eigenvalue weighted by molar-refractivity contribution is 6.29. The van der Waals surface area contributed by atoms with Gasteiger partial charge >= 0.3 is 0 Å². The molecular formula is C16H23ClN2O2. The van der Waals surface area contributed by atoms with Crippen molar-refractivity contribution in [3.8, 4) is 0 Å². The minimum atomic E-state index is -0.219. The molecule has 0 radical (unpaired) electrons. The molecular weight excluding hydrogens is 288 g/mol. The smallest absolute Gasteiger partial charge is 0.251 e. The number of hydrogen-bond acceptors (Lipinski definition) is 3. The Hall–Kier alpha value is -1.13. The normalized spacial score (nSPS) is 22.3. The Bertz CT molecular complexity index is 505. The molecule has 2 rings (SSSR count). The molecule has 1 aliphatic carbocycles. The monoisotopic (exact) mass is 310 g/mol. The van der Waals surface area contributed by atoms with E-state index in [9.17, 15) is 9.90 Å². The molecule has 1 aliphatic rings. The van der Waals surface area contributed by atoms with Crippen molar-refractivity contribution in [3.05, 3.63) is 28.5 Å². The number of nitrogens with one attached hydrogen (secondary N) is 1. The molecule has 5 heteroatoms. The van der Waals surface area contributed by atoms with Gasteiger partial charge in [-0.2, -0.15) is 0 Å². The van der Waals surface area contributed by atoms with E-state index in [1.807, 2.05) is 13.8 Å². The predicted octanol–water partition coefficient (Wildman–Crippen LogP) is 3.14. The molecule has 4 nitrogen and oxygen atoms in total. The molecule has 2 N–H and O–H groups in total. The lowest BCUT2D eigenvalue weighted by atomic mass is 9.87. The van der Waals surface area contributed by atoms with Gasteiger partial charge in [-0.25, -0.2) is 4.98 Å². The third kappa shape index (κ3) is 4.68. The Kier molecular flexibility index (Phi) is 5.59. The molecule has 21 heavy (non-hydrogen) atoms. The van der Waals surface area contributed by atoms with Gasteiger partial charge in [-0.05, 0) is 43.2 Å². The average molecular weight is 311 g/mol. The number of aliphatic hydroxyl groups is 1. The number of rotatable bonds is 4. The Labute approximate surface area is 130 Å². The lowest BCUT2D eigenvalue weighted by Gasteiger charge is -2.25. The van der Waals surface area contributed by atoms with Gasteiger partial charge in [0.15, 0.2) is 0 Å². The van der Waals surface area contributed by atoms with Crippen molar-refractivity contribution in [1.82, 2.24) is 10.3 Å². The molecule has 1 aromatic heterocycles. The topological polar surface area (TPSA) is 62.2 Å². The van der Waals surface area contributed by atoms with Crippen molar-refractivity contribution in [2.45, 2.75) is 51.6 Å². The number of amides is 1. The lowest BCUT2D eigenvalue weighted by Crippen LogP contribution is -2.33. The average Bonchev–Trinajstić information content (AvgIpc) is 2.44. The standard InChI is InChI=1S/C16H23ClN2O2/c1-10(2)14-7-12(8-15(17)19-14)16(21)18-9-11-4-3-5-13(20)6-11/h7-8,10-11,13,20H,3-6,9H2,1-2H3,(H,18,21). The van der Waals surface area contributed by atoms with E-state index in [2.05, 4.69) is 10.3 Å². The lowest BCUT2D eigenvalue weighted by molar-refractivity contribution is 0.0873. The van der Waals surface area contributed by atoms with Crippen molar-refractivity contribution in [1.29, 1.82) is 0 Å². The fraction of sp³-hybridized carbons (Fsp3) is 0.625. The number of halogens is 1. The second-order valence-electron chi connectivity index (χ2n) is 6.15. The SMILES string of the molecule is CC(C)c1cc(C(=O)NCC2CCCC(O)C2)cc(Cl)n1. The maximum absolute atomic E-state index is 12.2. The first-order valence-electron chi connectivity index (χ1n) is 7.59. The molecule has 0 aliphatic heterocycles. The van der Waals surface area contributed by atoms with Crippen LogP contribution in [-0.4, -0.2) is 28.6 Å². The number of carbonyl (C=O) groups excluding carboxylic acids is 1. The zero-order chi connectivity index (χ0) is 15.4. The maximum Gasteiger partial charge on any atom is 0.251 e. The molecule has 2 unspecified atom stereocenters. The fourth-order valence-electron chi connectivity index (χ4n) is 2.73. The van der Waals surface area contributed by atoms with Crippen molar-refractivity contribution >= 4 is 17.5 Å². The van der Waals surface area contributed by atoms with Crippen LogP contribution in [0.15, 0.2) is 12.1 Å². The molecule has 1 aromatic rings. The van der Waals surface area contributed by atoms with Crippen LogP contribution in [0.5, 0.6) is 0 Å². The number of pyridine rings is 1. The Morgan fingerprint density at radius 3 is 2.90 bits per heavy atom. The second-order valence-corrected chi connectivity index (χ2v) is 6.54. The van der Waals surface area contributed by atoms with Crippen LogP contribution in [0.4, 0.5) is 0 Å². The zero-order valence-corrected chi connectivity index (χ0v) is 13.4. The molecule has 116 valence electrons. The Balaban J connectivity index is 1.96. The summed E-state index contributed by atoms with van der Waals surface area (Å²) in [6, 6.07) is 3.39. The van der Waals surface area contributed by atoms with Crippen LogP contribution in [0.3, 0.4) is 0 Å². The van der Waals surface area contributed by atoms with E-state index in [4.69, 9.17) is 11.6 Å². The number of carbonyl (C=O) groups is 1. The van der Waals surface area contributed by atoms with Crippen LogP contribution in [0.2, 0.25) is 5.15 Å². The molecule has 0 spiro atoms. The fourth-order valence-corrected chi connectivity index (χ4v) is 2.95. The van der Waals surface area contributed by atoms with Gasteiger partial charge in [0.05, 0.1) is 6.10 Å². The molecule has 0 saturated heterocycles. The van der Waals surface area contributed by atoms with Crippen LogP contribution in [0.25, 0.3) is 0 Å². The zero-order valence-electron chi connectivity index (χ0n) is 12.6. The molecule has 0 bridgehead atoms. The van der Waals surface area contributed by atoms with Crippen LogP contribution in [0, 0.1) is 5.92 Å². The quantitative estimate of drug-likeness (QED) is 0.840. The number of aliphatic hydroxyl groups excluding tert-OH is 1. The summed E-state index contributed by atoms with van der Waals surface area (Å²) in [5.74, 6) is 0.463. The molecule has 1 amide bonds. The number of hydrogen-bond donors (Lipinski definition) is 2. The summed E-state index contributed by atoms with van der Waals surface area (Å²) in [6.45, 7) is 4.64. The van der Waals surface area contributed by atoms with Gasteiger partial charge in [-0.1, -0.05) is 31.9 Å². The summed E-state index contributed by atoms with van der Waals surface area (Å²) < 4.78 is 0. The predicted molar refractivity (Wildman–Crippen MR) is 83.6 cm³/mol. The minimum absolute atomic E-state index is 0.124. The summed E-state index contributed by atoms with van der Waals surface area (Å²) in [5, 5.41) is 13.0. The Morgan fingerprint density at radius 1 is 1.48 bits per heavy atom. The summed E-state index contributed by atoms with van der Waals surface area (Å²) in [6.07, 6.45) is 3.52. The molecule has 1 heterocycles. The van der Waals surface area contributed by atoms with Gasteiger partial charge in [0, 0.05) is 17.8 Å². The van der Waals surface area contributed by atoms with Gasteiger partial charge in [0.1, 0.15) is 5.15 Å². The molecule has 2 atom stereocenters. The highest BCUT2D eigenvalue weighted by Crippen LogP contribution is 2.23. The highest BCUT2D eigenvalue weighted by Gasteiger charge is 2.21.